The van der Waals surface area contributed by atoms with Gasteiger partial charge in [-0.05, 0) is 12.0 Å². The number of aliphatic hydroxyl groups is 1. The third-order valence-electron chi connectivity index (χ3n) is 3.19. The molecule has 0 unspecified atom stereocenters. The van der Waals surface area contributed by atoms with Crippen molar-refractivity contribution in [3.63, 3.8) is 0 Å². The van der Waals surface area contributed by atoms with Gasteiger partial charge in [-0.1, -0.05) is 69.4 Å². The molecule has 0 saturated heterocycles. The van der Waals surface area contributed by atoms with Crippen molar-refractivity contribution in [3.05, 3.63) is 35.9 Å². The number of benzene rings is 1. The standard InChI is InChI=1S/C15H25NO/c1-2-3-4-5-9-12-14(16)15(17)13-10-7-6-8-11-13/h6-8,10-11,14-15,17H,2-5,9,12,16H2,1H3/t14-,15+/m1/s1. The normalized spacial score (nSPS) is 14.5. The van der Waals surface area contributed by atoms with E-state index in [2.05, 4.69) is 6.92 Å². The minimum atomic E-state index is -0.526. The molecule has 2 heteroatoms. The first kappa shape index (κ1) is 14.2. The Morgan fingerprint density at radius 2 is 1.71 bits per heavy atom. The van der Waals surface area contributed by atoms with E-state index in [0.29, 0.717) is 0 Å². The molecular weight excluding hydrogens is 210 g/mol. The van der Waals surface area contributed by atoms with Crippen LogP contribution in [0.25, 0.3) is 0 Å². The van der Waals surface area contributed by atoms with Gasteiger partial charge in [0.15, 0.2) is 0 Å². The first-order chi connectivity index (χ1) is 8.25. The molecule has 0 fully saturated rings. The number of unbranched alkanes of at least 4 members (excludes halogenated alkanes) is 4. The first-order valence-corrected chi connectivity index (χ1v) is 6.74. The van der Waals surface area contributed by atoms with Crippen LogP contribution in [0.15, 0.2) is 30.3 Å². The smallest absolute Gasteiger partial charge is 0.0940 e. The van der Waals surface area contributed by atoms with Gasteiger partial charge in [0.05, 0.1) is 6.10 Å². The Morgan fingerprint density at radius 3 is 2.35 bits per heavy atom. The van der Waals surface area contributed by atoms with Crippen LogP contribution in [0, 0.1) is 0 Å². The highest BCUT2D eigenvalue weighted by molar-refractivity contribution is 5.18. The zero-order chi connectivity index (χ0) is 12.5. The average molecular weight is 235 g/mol. The molecule has 0 bridgehead atoms. The van der Waals surface area contributed by atoms with Gasteiger partial charge in [0.25, 0.3) is 0 Å². The van der Waals surface area contributed by atoms with Crippen molar-refractivity contribution < 1.29 is 5.11 Å². The van der Waals surface area contributed by atoms with Gasteiger partial charge in [-0.15, -0.1) is 0 Å². The Morgan fingerprint density at radius 1 is 1.06 bits per heavy atom. The van der Waals surface area contributed by atoms with Crippen LogP contribution in [-0.2, 0) is 0 Å². The summed E-state index contributed by atoms with van der Waals surface area (Å²) in [7, 11) is 0. The molecule has 1 rings (SSSR count). The lowest BCUT2D eigenvalue weighted by molar-refractivity contribution is 0.140. The summed E-state index contributed by atoms with van der Waals surface area (Å²) in [6.45, 7) is 2.21. The Kier molecular flexibility index (Phi) is 6.90. The largest absolute Gasteiger partial charge is 0.387 e. The van der Waals surface area contributed by atoms with Gasteiger partial charge in [0, 0.05) is 6.04 Å². The number of rotatable bonds is 8. The van der Waals surface area contributed by atoms with Crippen molar-refractivity contribution in [2.24, 2.45) is 5.73 Å². The molecule has 96 valence electrons. The van der Waals surface area contributed by atoms with E-state index in [4.69, 9.17) is 5.73 Å². The molecule has 0 spiro atoms. The minimum Gasteiger partial charge on any atom is -0.387 e. The summed E-state index contributed by atoms with van der Waals surface area (Å²) in [5.41, 5.74) is 6.94. The summed E-state index contributed by atoms with van der Waals surface area (Å²) < 4.78 is 0. The zero-order valence-corrected chi connectivity index (χ0v) is 10.8. The molecule has 0 saturated carbocycles. The fourth-order valence-corrected chi connectivity index (χ4v) is 2.04. The maximum atomic E-state index is 10.1. The van der Waals surface area contributed by atoms with Gasteiger partial charge in [0.2, 0.25) is 0 Å². The summed E-state index contributed by atoms with van der Waals surface area (Å²) in [5.74, 6) is 0. The third-order valence-corrected chi connectivity index (χ3v) is 3.19. The maximum absolute atomic E-state index is 10.1. The lowest BCUT2D eigenvalue weighted by Crippen LogP contribution is -2.28. The Balaban J connectivity index is 2.25. The van der Waals surface area contributed by atoms with E-state index >= 15 is 0 Å². The lowest BCUT2D eigenvalue weighted by atomic mass is 9.98. The quantitative estimate of drug-likeness (QED) is 0.678. The van der Waals surface area contributed by atoms with E-state index in [1.807, 2.05) is 30.3 Å². The fraction of sp³-hybridized carbons (Fsp3) is 0.600. The highest BCUT2D eigenvalue weighted by Crippen LogP contribution is 2.19. The van der Waals surface area contributed by atoms with Crippen LogP contribution in [0.1, 0.15) is 57.1 Å². The topological polar surface area (TPSA) is 46.2 Å². The molecule has 0 heterocycles. The van der Waals surface area contributed by atoms with E-state index in [1.54, 1.807) is 0 Å². The van der Waals surface area contributed by atoms with Gasteiger partial charge in [-0.3, -0.25) is 0 Å². The molecule has 0 aromatic heterocycles. The van der Waals surface area contributed by atoms with Crippen LogP contribution in [0.4, 0.5) is 0 Å². The van der Waals surface area contributed by atoms with Crippen LogP contribution in [0.5, 0.6) is 0 Å². The second-order valence-corrected chi connectivity index (χ2v) is 4.72. The van der Waals surface area contributed by atoms with Gasteiger partial charge in [-0.25, -0.2) is 0 Å². The maximum Gasteiger partial charge on any atom is 0.0940 e. The molecule has 0 aliphatic carbocycles. The third kappa shape index (κ3) is 5.33. The lowest BCUT2D eigenvalue weighted by Gasteiger charge is -2.19. The molecule has 0 radical (unpaired) electrons. The van der Waals surface area contributed by atoms with Crippen LogP contribution in [0.2, 0.25) is 0 Å². The van der Waals surface area contributed by atoms with E-state index in [0.717, 1.165) is 18.4 Å². The second-order valence-electron chi connectivity index (χ2n) is 4.72. The van der Waals surface area contributed by atoms with Crippen molar-refractivity contribution in [3.8, 4) is 0 Å². The van der Waals surface area contributed by atoms with Crippen LogP contribution < -0.4 is 5.73 Å². The Hall–Kier alpha value is -0.860. The molecule has 0 aliphatic rings. The van der Waals surface area contributed by atoms with E-state index < -0.39 is 6.10 Å². The molecule has 2 nitrogen and oxygen atoms in total. The minimum absolute atomic E-state index is 0.140. The van der Waals surface area contributed by atoms with E-state index in [1.165, 1.54) is 25.7 Å². The summed E-state index contributed by atoms with van der Waals surface area (Å²) in [6.07, 6.45) is 6.57. The monoisotopic (exact) mass is 235 g/mol. The van der Waals surface area contributed by atoms with Gasteiger partial charge in [-0.2, -0.15) is 0 Å². The second kappa shape index (κ2) is 8.26. The number of hydrogen-bond donors (Lipinski definition) is 2. The van der Waals surface area contributed by atoms with Crippen molar-refractivity contribution in [1.82, 2.24) is 0 Å². The summed E-state index contributed by atoms with van der Waals surface area (Å²) >= 11 is 0. The van der Waals surface area contributed by atoms with Crippen molar-refractivity contribution in [2.45, 2.75) is 57.6 Å². The van der Waals surface area contributed by atoms with Gasteiger partial charge in [0.1, 0.15) is 0 Å². The molecule has 17 heavy (non-hydrogen) atoms. The molecule has 1 aromatic rings. The highest BCUT2D eigenvalue weighted by Gasteiger charge is 2.15. The van der Waals surface area contributed by atoms with Crippen LogP contribution in [-0.4, -0.2) is 11.1 Å². The summed E-state index contributed by atoms with van der Waals surface area (Å²) in [4.78, 5) is 0. The molecule has 0 aliphatic heterocycles. The molecule has 3 N–H and O–H groups in total. The van der Waals surface area contributed by atoms with Crippen LogP contribution >= 0.6 is 0 Å². The number of nitrogens with two attached hydrogens (primary N) is 1. The summed E-state index contributed by atoms with van der Waals surface area (Å²) in [5, 5.41) is 10.1. The van der Waals surface area contributed by atoms with Crippen molar-refractivity contribution >= 4 is 0 Å². The number of aliphatic hydroxyl groups excluding tert-OH is 1. The average Bonchev–Trinajstić information content (AvgIpc) is 2.38. The number of hydrogen-bond acceptors (Lipinski definition) is 2. The molecular formula is C15H25NO. The Bertz CT molecular complexity index is 286. The predicted octanol–water partition coefficient (Wildman–Crippen LogP) is 3.41. The highest BCUT2D eigenvalue weighted by atomic mass is 16.3. The van der Waals surface area contributed by atoms with Crippen molar-refractivity contribution in [1.29, 1.82) is 0 Å². The first-order valence-electron chi connectivity index (χ1n) is 6.74. The van der Waals surface area contributed by atoms with Crippen molar-refractivity contribution in [2.75, 3.05) is 0 Å². The molecule has 2 atom stereocenters. The van der Waals surface area contributed by atoms with E-state index in [9.17, 15) is 5.11 Å². The van der Waals surface area contributed by atoms with Crippen LogP contribution in [0.3, 0.4) is 0 Å². The molecule has 0 amide bonds. The van der Waals surface area contributed by atoms with E-state index in [-0.39, 0.29) is 6.04 Å². The zero-order valence-electron chi connectivity index (χ0n) is 10.8. The predicted molar refractivity (Wildman–Crippen MR) is 72.8 cm³/mol. The molecule has 1 aromatic carbocycles. The van der Waals surface area contributed by atoms with Gasteiger partial charge >= 0.3 is 0 Å². The fourth-order valence-electron chi connectivity index (χ4n) is 2.04. The Labute approximate surface area is 105 Å². The van der Waals surface area contributed by atoms with Gasteiger partial charge < -0.3 is 10.8 Å². The SMILES string of the molecule is CCCCCCC[C@@H](N)[C@@H](O)c1ccccc1. The summed E-state index contributed by atoms with van der Waals surface area (Å²) in [6, 6.07) is 9.55.